The van der Waals surface area contributed by atoms with Gasteiger partial charge in [0, 0.05) is 24.5 Å². The van der Waals surface area contributed by atoms with E-state index in [0.29, 0.717) is 18.7 Å². The van der Waals surface area contributed by atoms with E-state index in [1.54, 1.807) is 18.2 Å². The van der Waals surface area contributed by atoms with Crippen LogP contribution < -0.4 is 9.64 Å². The van der Waals surface area contributed by atoms with Crippen LogP contribution in [0.1, 0.15) is 6.42 Å². The van der Waals surface area contributed by atoms with Gasteiger partial charge >= 0.3 is 0 Å². The lowest BCUT2D eigenvalue weighted by molar-refractivity contribution is -0.117. The number of anilines is 1. The fraction of sp³-hybridized carbons (Fsp3) is 0.286. The molecular formula is C14H13ClN2O2. The topological polar surface area (TPSA) is 42.4 Å². The smallest absolute Gasteiger partial charge is 0.228 e. The molecule has 0 radical (unpaired) electrons. The summed E-state index contributed by atoms with van der Waals surface area (Å²) in [6, 6.07) is 7.51. The van der Waals surface area contributed by atoms with Crippen LogP contribution in [0.15, 0.2) is 30.5 Å². The number of halogens is 1. The van der Waals surface area contributed by atoms with Crippen molar-refractivity contribution >= 4 is 34.1 Å². The van der Waals surface area contributed by atoms with Crippen molar-refractivity contribution in [2.24, 2.45) is 0 Å². The molecule has 0 bridgehead atoms. The number of methoxy groups -OCH3 is 1. The van der Waals surface area contributed by atoms with E-state index in [1.807, 2.05) is 24.3 Å². The number of alkyl halides is 1. The summed E-state index contributed by atoms with van der Waals surface area (Å²) in [6.45, 7) is 0.538. The molecule has 1 amide bonds. The van der Waals surface area contributed by atoms with Gasteiger partial charge in [0.15, 0.2) is 0 Å². The molecule has 1 aliphatic rings. The molecule has 0 aliphatic carbocycles. The zero-order valence-electron chi connectivity index (χ0n) is 10.5. The van der Waals surface area contributed by atoms with E-state index in [4.69, 9.17) is 16.3 Å². The first-order valence-corrected chi connectivity index (χ1v) is 6.50. The van der Waals surface area contributed by atoms with E-state index in [1.165, 1.54) is 0 Å². The molecule has 5 heteroatoms. The van der Waals surface area contributed by atoms with Gasteiger partial charge in [0.05, 0.1) is 18.2 Å². The van der Waals surface area contributed by atoms with Crippen molar-refractivity contribution in [3.63, 3.8) is 0 Å². The molecule has 0 N–H and O–H groups in total. The van der Waals surface area contributed by atoms with Crippen molar-refractivity contribution in [1.29, 1.82) is 0 Å². The molecular weight excluding hydrogens is 264 g/mol. The summed E-state index contributed by atoms with van der Waals surface area (Å²) in [6.07, 6.45) is 2.10. The molecule has 1 fully saturated rings. The Morgan fingerprint density at radius 2 is 2.26 bits per heavy atom. The zero-order valence-corrected chi connectivity index (χ0v) is 11.2. The first-order chi connectivity index (χ1) is 9.20. The summed E-state index contributed by atoms with van der Waals surface area (Å²) in [7, 11) is 1.61. The molecule has 98 valence electrons. The lowest BCUT2D eigenvalue weighted by Gasteiger charge is -2.19. The average molecular weight is 277 g/mol. The zero-order chi connectivity index (χ0) is 13.4. The lowest BCUT2D eigenvalue weighted by Crippen LogP contribution is -2.24. The number of aromatic nitrogens is 1. The number of hydrogen-bond donors (Lipinski definition) is 0. The lowest BCUT2D eigenvalue weighted by atomic mass is 10.1. The van der Waals surface area contributed by atoms with Crippen molar-refractivity contribution in [3.8, 4) is 5.75 Å². The predicted molar refractivity (Wildman–Crippen MR) is 74.9 cm³/mol. The van der Waals surface area contributed by atoms with Gasteiger partial charge < -0.3 is 9.64 Å². The summed E-state index contributed by atoms with van der Waals surface area (Å²) < 4.78 is 5.30. The van der Waals surface area contributed by atoms with E-state index >= 15 is 0 Å². The maximum Gasteiger partial charge on any atom is 0.228 e. The quantitative estimate of drug-likeness (QED) is 0.792. The van der Waals surface area contributed by atoms with Crippen molar-refractivity contribution in [2.75, 3.05) is 18.6 Å². The fourth-order valence-corrected chi connectivity index (χ4v) is 2.70. The SMILES string of the molecule is COc1ccc(N2CC(Cl)CC2=O)c2cccnc12. The minimum Gasteiger partial charge on any atom is -0.494 e. The maximum atomic E-state index is 12.0. The highest BCUT2D eigenvalue weighted by Gasteiger charge is 2.30. The number of benzene rings is 1. The summed E-state index contributed by atoms with van der Waals surface area (Å²) >= 11 is 6.06. The molecule has 4 nitrogen and oxygen atoms in total. The molecule has 1 unspecified atom stereocenters. The third-order valence-corrected chi connectivity index (χ3v) is 3.59. The highest BCUT2D eigenvalue weighted by molar-refractivity contribution is 6.24. The highest BCUT2D eigenvalue weighted by atomic mass is 35.5. The molecule has 3 rings (SSSR count). The molecule has 1 aromatic carbocycles. The second kappa shape index (κ2) is 4.70. The Morgan fingerprint density at radius 1 is 1.42 bits per heavy atom. The highest BCUT2D eigenvalue weighted by Crippen LogP contribution is 2.34. The normalized spacial score (nSPS) is 19.2. The van der Waals surface area contributed by atoms with E-state index in [9.17, 15) is 4.79 Å². The molecule has 2 heterocycles. The van der Waals surface area contributed by atoms with E-state index in [2.05, 4.69) is 4.98 Å². The average Bonchev–Trinajstić information content (AvgIpc) is 2.76. The number of hydrogen-bond acceptors (Lipinski definition) is 3. The van der Waals surface area contributed by atoms with Crippen molar-refractivity contribution in [2.45, 2.75) is 11.8 Å². The Labute approximate surface area is 115 Å². The van der Waals surface area contributed by atoms with Gasteiger partial charge in [-0.3, -0.25) is 9.78 Å². The van der Waals surface area contributed by atoms with E-state index in [0.717, 1.165) is 16.6 Å². The Balaban J connectivity index is 2.17. The molecule has 0 spiro atoms. The van der Waals surface area contributed by atoms with Gasteiger partial charge in [-0.2, -0.15) is 0 Å². The van der Waals surface area contributed by atoms with Gasteiger partial charge in [-0.25, -0.2) is 0 Å². The van der Waals surface area contributed by atoms with Crippen LogP contribution in [0.5, 0.6) is 5.75 Å². The van der Waals surface area contributed by atoms with Crippen LogP contribution in [0.2, 0.25) is 0 Å². The van der Waals surface area contributed by atoms with Crippen molar-refractivity contribution in [3.05, 3.63) is 30.5 Å². The predicted octanol–water partition coefficient (Wildman–Crippen LogP) is 2.59. The number of fused-ring (bicyclic) bond motifs is 1. The number of ether oxygens (including phenoxy) is 1. The Kier molecular flexibility index (Phi) is 3.03. The number of carbonyl (C=O) groups is 1. The Morgan fingerprint density at radius 3 is 2.95 bits per heavy atom. The van der Waals surface area contributed by atoms with Gasteiger partial charge in [-0.05, 0) is 24.3 Å². The van der Waals surface area contributed by atoms with Crippen LogP contribution in [0.3, 0.4) is 0 Å². The summed E-state index contributed by atoms with van der Waals surface area (Å²) in [5.41, 5.74) is 1.60. The van der Waals surface area contributed by atoms with Crippen LogP contribution >= 0.6 is 11.6 Å². The van der Waals surface area contributed by atoms with Crippen molar-refractivity contribution < 1.29 is 9.53 Å². The fourth-order valence-electron chi connectivity index (χ4n) is 2.43. The second-order valence-corrected chi connectivity index (χ2v) is 5.11. The molecule has 1 aromatic heterocycles. The minimum atomic E-state index is -0.124. The molecule has 1 atom stereocenters. The van der Waals surface area contributed by atoms with Crippen LogP contribution in [0.4, 0.5) is 5.69 Å². The van der Waals surface area contributed by atoms with Crippen LogP contribution in [-0.4, -0.2) is 29.9 Å². The van der Waals surface area contributed by atoms with Gasteiger partial charge in [0.2, 0.25) is 5.91 Å². The maximum absolute atomic E-state index is 12.0. The van der Waals surface area contributed by atoms with Gasteiger partial charge in [0.1, 0.15) is 11.3 Å². The molecule has 2 aromatic rings. The second-order valence-electron chi connectivity index (χ2n) is 4.49. The largest absolute Gasteiger partial charge is 0.494 e. The first-order valence-electron chi connectivity index (χ1n) is 6.07. The first kappa shape index (κ1) is 12.2. The number of nitrogens with zero attached hydrogens (tertiary/aromatic N) is 2. The Bertz CT molecular complexity index is 644. The van der Waals surface area contributed by atoms with Crippen molar-refractivity contribution in [1.82, 2.24) is 4.98 Å². The minimum absolute atomic E-state index is 0.0512. The molecule has 19 heavy (non-hydrogen) atoms. The van der Waals surface area contributed by atoms with Crippen LogP contribution in [0, 0.1) is 0 Å². The summed E-state index contributed by atoms with van der Waals surface area (Å²) in [4.78, 5) is 18.0. The van der Waals surface area contributed by atoms with E-state index in [-0.39, 0.29) is 11.3 Å². The molecule has 1 saturated heterocycles. The monoisotopic (exact) mass is 276 g/mol. The number of pyridine rings is 1. The summed E-state index contributed by atoms with van der Waals surface area (Å²) in [5, 5.41) is 0.780. The number of carbonyl (C=O) groups excluding carboxylic acids is 1. The number of amides is 1. The van der Waals surface area contributed by atoms with Crippen LogP contribution in [0.25, 0.3) is 10.9 Å². The molecule has 0 saturated carbocycles. The Hall–Kier alpha value is -1.81. The third-order valence-electron chi connectivity index (χ3n) is 3.30. The van der Waals surface area contributed by atoms with Gasteiger partial charge in [-0.1, -0.05) is 0 Å². The third kappa shape index (κ3) is 2.02. The van der Waals surface area contributed by atoms with E-state index < -0.39 is 0 Å². The molecule has 1 aliphatic heterocycles. The van der Waals surface area contributed by atoms with Gasteiger partial charge in [-0.15, -0.1) is 11.6 Å². The standard InChI is InChI=1S/C14H13ClN2O2/c1-19-12-5-4-11(10-3-2-6-16-14(10)12)17-8-9(15)7-13(17)18/h2-6,9H,7-8H2,1H3. The van der Waals surface area contributed by atoms with Gasteiger partial charge in [0.25, 0.3) is 0 Å². The summed E-state index contributed by atoms with van der Waals surface area (Å²) in [5.74, 6) is 0.753. The van der Waals surface area contributed by atoms with Crippen LogP contribution in [-0.2, 0) is 4.79 Å². The number of rotatable bonds is 2.